The smallest absolute Gasteiger partial charge is 0.0655 e. The topological polar surface area (TPSA) is 49.8 Å². The fraction of sp³-hybridized carbons (Fsp3) is 0.929. The Morgan fingerprint density at radius 2 is 1.69 bits per heavy atom. The van der Waals surface area contributed by atoms with Crippen LogP contribution >= 0.6 is 0 Å². The number of nitrogens with zero attached hydrogens (tertiary/aromatic N) is 1. The van der Waals surface area contributed by atoms with E-state index in [1.807, 2.05) is 13.8 Å². The van der Waals surface area contributed by atoms with Crippen molar-refractivity contribution in [2.24, 2.45) is 11.7 Å². The first-order valence-electron chi connectivity index (χ1n) is 6.94. The second-order valence-electron chi connectivity index (χ2n) is 3.96. The highest BCUT2D eigenvalue weighted by Crippen LogP contribution is 2.22. The molecule has 0 aromatic heterocycles. The molecule has 0 heterocycles. The molecule has 0 amide bonds. The van der Waals surface area contributed by atoms with Gasteiger partial charge >= 0.3 is 0 Å². The highest BCUT2D eigenvalue weighted by Gasteiger charge is 2.10. The van der Waals surface area contributed by atoms with Gasteiger partial charge in [-0.1, -0.05) is 52.9 Å². The Morgan fingerprint density at radius 1 is 1.12 bits per heavy atom. The van der Waals surface area contributed by atoms with Crippen LogP contribution < -0.4 is 5.73 Å². The average molecular weight is 226 g/mol. The molecule has 0 aromatic carbocycles. The fourth-order valence-corrected chi connectivity index (χ4v) is 1.63. The van der Waals surface area contributed by atoms with Crippen LogP contribution in [-0.4, -0.2) is 6.54 Å². The monoisotopic (exact) mass is 226 g/mol. The van der Waals surface area contributed by atoms with Crippen LogP contribution in [0.3, 0.4) is 0 Å². The Bertz CT molecular complexity index is 139. The SMILES string of the molecule is CC.CCCCCN.N#CC1CCCCC1. The first-order valence-corrected chi connectivity index (χ1v) is 6.94. The van der Waals surface area contributed by atoms with Crippen molar-refractivity contribution in [2.45, 2.75) is 72.1 Å². The molecule has 1 fully saturated rings. The van der Waals surface area contributed by atoms with E-state index in [1.54, 1.807) is 0 Å². The lowest BCUT2D eigenvalue weighted by atomic mass is 9.91. The highest BCUT2D eigenvalue weighted by molar-refractivity contribution is 4.84. The van der Waals surface area contributed by atoms with Gasteiger partial charge in [-0.3, -0.25) is 0 Å². The van der Waals surface area contributed by atoms with Gasteiger partial charge in [0, 0.05) is 5.92 Å². The van der Waals surface area contributed by atoms with E-state index in [4.69, 9.17) is 11.0 Å². The van der Waals surface area contributed by atoms with Gasteiger partial charge in [0.15, 0.2) is 0 Å². The Hall–Kier alpha value is -0.550. The third kappa shape index (κ3) is 13.4. The van der Waals surface area contributed by atoms with E-state index in [-0.39, 0.29) is 0 Å². The Kier molecular flexibility index (Phi) is 18.8. The molecule has 0 spiro atoms. The molecular formula is C14H30N2. The molecule has 0 aliphatic heterocycles. The van der Waals surface area contributed by atoms with Gasteiger partial charge in [0.25, 0.3) is 0 Å². The highest BCUT2D eigenvalue weighted by atomic mass is 14.5. The summed E-state index contributed by atoms with van der Waals surface area (Å²) in [5, 5.41) is 8.44. The minimum atomic E-state index is 0.392. The summed E-state index contributed by atoms with van der Waals surface area (Å²) in [4.78, 5) is 0. The average Bonchev–Trinajstić information content (AvgIpc) is 2.40. The molecule has 0 bridgehead atoms. The van der Waals surface area contributed by atoms with Crippen LogP contribution in [0.4, 0.5) is 0 Å². The van der Waals surface area contributed by atoms with Crippen LogP contribution in [0.15, 0.2) is 0 Å². The molecule has 0 aromatic rings. The molecule has 0 saturated heterocycles. The molecule has 0 unspecified atom stereocenters. The first-order chi connectivity index (χ1) is 7.85. The van der Waals surface area contributed by atoms with Crippen molar-refractivity contribution in [3.8, 4) is 6.07 Å². The minimum absolute atomic E-state index is 0.392. The summed E-state index contributed by atoms with van der Waals surface area (Å²) in [7, 11) is 0. The Labute approximate surface area is 102 Å². The predicted octanol–water partition coefficient (Wildman–Crippen LogP) is 4.25. The van der Waals surface area contributed by atoms with Crippen LogP contribution in [-0.2, 0) is 0 Å². The van der Waals surface area contributed by atoms with Gasteiger partial charge in [-0.05, 0) is 25.8 Å². The molecule has 2 heteroatoms. The van der Waals surface area contributed by atoms with Crippen molar-refractivity contribution in [1.29, 1.82) is 5.26 Å². The molecule has 1 saturated carbocycles. The number of unbranched alkanes of at least 4 members (excludes halogenated alkanes) is 2. The van der Waals surface area contributed by atoms with Gasteiger partial charge in [-0.15, -0.1) is 0 Å². The number of hydrogen-bond donors (Lipinski definition) is 1. The number of rotatable bonds is 3. The second-order valence-corrected chi connectivity index (χ2v) is 3.96. The van der Waals surface area contributed by atoms with E-state index in [2.05, 4.69) is 13.0 Å². The molecule has 0 atom stereocenters. The molecule has 1 rings (SSSR count). The number of nitriles is 1. The van der Waals surface area contributed by atoms with E-state index in [9.17, 15) is 0 Å². The lowest BCUT2D eigenvalue weighted by molar-refractivity contribution is 0.427. The van der Waals surface area contributed by atoms with Gasteiger partial charge in [-0.2, -0.15) is 5.26 Å². The van der Waals surface area contributed by atoms with Crippen molar-refractivity contribution < 1.29 is 0 Å². The van der Waals surface area contributed by atoms with E-state index in [1.165, 1.54) is 38.5 Å². The summed E-state index contributed by atoms with van der Waals surface area (Å²) >= 11 is 0. The standard InChI is InChI=1S/C7H11N.C5H13N.C2H6/c8-6-7-4-2-1-3-5-7;1-2-3-4-5-6;1-2/h7H,1-5H2;2-6H2,1H3;1-2H3. The zero-order chi connectivity index (χ0) is 12.6. The van der Waals surface area contributed by atoms with E-state index < -0.39 is 0 Å². The lowest BCUT2D eigenvalue weighted by Crippen LogP contribution is -2.02. The predicted molar refractivity (Wildman–Crippen MR) is 72.1 cm³/mol. The fourth-order valence-electron chi connectivity index (χ4n) is 1.63. The van der Waals surface area contributed by atoms with Crippen molar-refractivity contribution in [1.82, 2.24) is 0 Å². The molecule has 1 aliphatic rings. The van der Waals surface area contributed by atoms with Crippen molar-refractivity contribution in [3.05, 3.63) is 0 Å². The summed E-state index contributed by atoms with van der Waals surface area (Å²) in [5.74, 6) is 0.392. The summed E-state index contributed by atoms with van der Waals surface area (Å²) in [6.45, 7) is 7.03. The normalized spacial score (nSPS) is 14.9. The summed E-state index contributed by atoms with van der Waals surface area (Å²) < 4.78 is 0. The van der Waals surface area contributed by atoms with Crippen LogP contribution in [0.5, 0.6) is 0 Å². The largest absolute Gasteiger partial charge is 0.330 e. The zero-order valence-corrected chi connectivity index (χ0v) is 11.5. The molecule has 0 radical (unpaired) electrons. The van der Waals surface area contributed by atoms with Gasteiger partial charge < -0.3 is 5.73 Å². The molecule has 16 heavy (non-hydrogen) atoms. The van der Waals surface area contributed by atoms with Crippen molar-refractivity contribution >= 4 is 0 Å². The molecular weight excluding hydrogens is 196 g/mol. The van der Waals surface area contributed by atoms with Gasteiger partial charge in [0.05, 0.1) is 6.07 Å². The summed E-state index contributed by atoms with van der Waals surface area (Å²) in [5.41, 5.74) is 5.21. The lowest BCUT2D eigenvalue weighted by Gasteiger charge is -2.13. The molecule has 2 N–H and O–H groups in total. The Balaban J connectivity index is 0. The van der Waals surface area contributed by atoms with E-state index in [0.29, 0.717) is 5.92 Å². The summed E-state index contributed by atoms with van der Waals surface area (Å²) in [6, 6.07) is 2.30. The van der Waals surface area contributed by atoms with Gasteiger partial charge in [0.2, 0.25) is 0 Å². The molecule has 1 aliphatic carbocycles. The van der Waals surface area contributed by atoms with Crippen LogP contribution in [0.2, 0.25) is 0 Å². The zero-order valence-electron chi connectivity index (χ0n) is 11.5. The molecule has 2 nitrogen and oxygen atoms in total. The number of hydrogen-bond acceptors (Lipinski definition) is 2. The van der Waals surface area contributed by atoms with E-state index >= 15 is 0 Å². The maximum atomic E-state index is 8.44. The van der Waals surface area contributed by atoms with Crippen LogP contribution in [0.25, 0.3) is 0 Å². The van der Waals surface area contributed by atoms with Gasteiger partial charge in [-0.25, -0.2) is 0 Å². The third-order valence-corrected chi connectivity index (χ3v) is 2.60. The van der Waals surface area contributed by atoms with Crippen molar-refractivity contribution in [2.75, 3.05) is 6.54 Å². The minimum Gasteiger partial charge on any atom is -0.330 e. The van der Waals surface area contributed by atoms with Gasteiger partial charge in [0.1, 0.15) is 0 Å². The maximum absolute atomic E-state index is 8.44. The van der Waals surface area contributed by atoms with Crippen molar-refractivity contribution in [3.63, 3.8) is 0 Å². The molecule has 96 valence electrons. The van der Waals surface area contributed by atoms with Crippen LogP contribution in [0.1, 0.15) is 72.1 Å². The number of nitrogens with two attached hydrogens (primary N) is 1. The Morgan fingerprint density at radius 3 is 1.94 bits per heavy atom. The quantitative estimate of drug-likeness (QED) is 0.731. The first kappa shape index (κ1) is 17.8. The van der Waals surface area contributed by atoms with E-state index in [0.717, 1.165) is 19.4 Å². The summed E-state index contributed by atoms with van der Waals surface area (Å²) in [6.07, 6.45) is 9.95. The van der Waals surface area contributed by atoms with Crippen LogP contribution in [0, 0.1) is 17.2 Å². The second kappa shape index (κ2) is 16.9. The third-order valence-electron chi connectivity index (χ3n) is 2.60. The maximum Gasteiger partial charge on any atom is 0.0655 e.